The zero-order valence-corrected chi connectivity index (χ0v) is 14.6. The summed E-state index contributed by atoms with van der Waals surface area (Å²) in [6, 6.07) is 7.13. The van der Waals surface area contributed by atoms with Crippen LogP contribution < -0.4 is 0 Å². The van der Waals surface area contributed by atoms with E-state index in [1.165, 1.54) is 7.11 Å². The predicted molar refractivity (Wildman–Crippen MR) is 89.6 cm³/mol. The molecule has 140 valence electrons. The first-order chi connectivity index (χ1) is 12.3. The van der Waals surface area contributed by atoms with E-state index in [-0.39, 0.29) is 12.1 Å². The summed E-state index contributed by atoms with van der Waals surface area (Å²) in [7, 11) is 1.36. The smallest absolute Gasteiger partial charge is 0.337 e. The lowest BCUT2D eigenvalue weighted by Crippen LogP contribution is -2.29. The number of carbonyl (C=O) groups excluding carboxylic acids is 1. The van der Waals surface area contributed by atoms with E-state index in [9.17, 15) is 4.79 Å². The van der Waals surface area contributed by atoms with Crippen molar-refractivity contribution in [1.29, 1.82) is 0 Å². The van der Waals surface area contributed by atoms with E-state index in [2.05, 4.69) is 4.74 Å². The molecule has 1 fully saturated rings. The van der Waals surface area contributed by atoms with Gasteiger partial charge in [-0.05, 0) is 17.7 Å². The van der Waals surface area contributed by atoms with E-state index in [0.717, 1.165) is 5.56 Å². The molecule has 1 unspecified atom stereocenters. The molecular formula is C18H26O7. The average molecular weight is 354 g/mol. The van der Waals surface area contributed by atoms with E-state index in [4.69, 9.17) is 23.7 Å². The zero-order valence-electron chi connectivity index (χ0n) is 14.6. The molecule has 1 saturated heterocycles. The summed E-state index contributed by atoms with van der Waals surface area (Å²) in [5, 5.41) is 0. The predicted octanol–water partition coefficient (Wildman–Crippen LogP) is 1.44. The van der Waals surface area contributed by atoms with Crippen molar-refractivity contribution < 1.29 is 33.2 Å². The second kappa shape index (κ2) is 11.9. The second-order valence-electron chi connectivity index (χ2n) is 5.50. The Morgan fingerprint density at radius 1 is 1.00 bits per heavy atom. The maximum Gasteiger partial charge on any atom is 0.337 e. The monoisotopic (exact) mass is 354 g/mol. The van der Waals surface area contributed by atoms with Crippen molar-refractivity contribution in [3.05, 3.63) is 35.4 Å². The summed E-state index contributed by atoms with van der Waals surface area (Å²) in [5.74, 6) is -0.350. The Balaban J connectivity index is 1.72. The maximum atomic E-state index is 11.4. The SMILES string of the molecule is COC(=O)c1ccc(COCC2COCCOCCOCCO2)cc1. The van der Waals surface area contributed by atoms with Crippen LogP contribution in [0.1, 0.15) is 15.9 Å². The van der Waals surface area contributed by atoms with Gasteiger partial charge >= 0.3 is 5.97 Å². The van der Waals surface area contributed by atoms with Crippen LogP contribution in [0.4, 0.5) is 0 Å². The minimum atomic E-state index is -0.350. The molecule has 25 heavy (non-hydrogen) atoms. The molecule has 0 amide bonds. The van der Waals surface area contributed by atoms with Crippen LogP contribution in [0.25, 0.3) is 0 Å². The molecule has 0 spiro atoms. The lowest BCUT2D eigenvalue weighted by molar-refractivity contribution is -0.0921. The molecule has 0 aromatic heterocycles. The largest absolute Gasteiger partial charge is 0.465 e. The van der Waals surface area contributed by atoms with E-state index in [0.29, 0.717) is 65.0 Å². The van der Waals surface area contributed by atoms with Crippen molar-refractivity contribution in [3.63, 3.8) is 0 Å². The number of carbonyl (C=O) groups is 1. The molecule has 1 aromatic carbocycles. The lowest BCUT2D eigenvalue weighted by atomic mass is 10.1. The maximum absolute atomic E-state index is 11.4. The van der Waals surface area contributed by atoms with Gasteiger partial charge in [-0.25, -0.2) is 4.79 Å². The van der Waals surface area contributed by atoms with Gasteiger partial charge < -0.3 is 28.4 Å². The number of hydrogen-bond acceptors (Lipinski definition) is 7. The van der Waals surface area contributed by atoms with Gasteiger partial charge in [0.05, 0.1) is 72.1 Å². The molecule has 0 N–H and O–H groups in total. The van der Waals surface area contributed by atoms with Crippen molar-refractivity contribution in [1.82, 2.24) is 0 Å². The first-order valence-electron chi connectivity index (χ1n) is 8.39. The van der Waals surface area contributed by atoms with Crippen molar-refractivity contribution >= 4 is 5.97 Å². The van der Waals surface area contributed by atoms with Gasteiger partial charge in [-0.1, -0.05) is 12.1 Å². The minimum Gasteiger partial charge on any atom is -0.465 e. The topological polar surface area (TPSA) is 72.5 Å². The average Bonchev–Trinajstić information content (AvgIpc) is 2.63. The molecule has 1 aromatic rings. The van der Waals surface area contributed by atoms with Crippen molar-refractivity contribution in [2.24, 2.45) is 0 Å². The van der Waals surface area contributed by atoms with Gasteiger partial charge in [-0.15, -0.1) is 0 Å². The Hall–Kier alpha value is -1.51. The summed E-state index contributed by atoms with van der Waals surface area (Å²) in [6.07, 6.45) is -0.155. The normalized spacial score (nSPS) is 20.3. The van der Waals surface area contributed by atoms with Gasteiger partial charge in [0.2, 0.25) is 0 Å². The zero-order chi connectivity index (χ0) is 17.7. The van der Waals surface area contributed by atoms with Gasteiger partial charge in [-0.3, -0.25) is 0 Å². The summed E-state index contributed by atoms with van der Waals surface area (Å²) in [6.45, 7) is 4.51. The Kier molecular flexibility index (Phi) is 9.46. The van der Waals surface area contributed by atoms with Crippen LogP contribution in [0, 0.1) is 0 Å². The Labute approximate surface area is 148 Å². The van der Waals surface area contributed by atoms with E-state index in [1.807, 2.05) is 12.1 Å². The molecular weight excluding hydrogens is 328 g/mol. The van der Waals surface area contributed by atoms with Gasteiger partial charge in [-0.2, -0.15) is 0 Å². The summed E-state index contributed by atoms with van der Waals surface area (Å²) in [5.41, 5.74) is 1.49. The number of methoxy groups -OCH3 is 1. The molecule has 1 aliphatic rings. The van der Waals surface area contributed by atoms with Crippen LogP contribution in [0.15, 0.2) is 24.3 Å². The van der Waals surface area contributed by atoms with Crippen LogP contribution in [0.5, 0.6) is 0 Å². The van der Waals surface area contributed by atoms with Crippen LogP contribution in [0.3, 0.4) is 0 Å². The van der Waals surface area contributed by atoms with Crippen LogP contribution in [-0.4, -0.2) is 72.0 Å². The van der Waals surface area contributed by atoms with Crippen molar-refractivity contribution in [3.8, 4) is 0 Å². The number of hydrogen-bond donors (Lipinski definition) is 0. The standard InChI is InChI=1S/C18H26O7/c1-20-18(19)16-4-2-15(3-5-16)12-24-14-17-13-23-9-8-21-6-7-22-10-11-25-17/h2-5,17H,6-14H2,1H3. The fraction of sp³-hybridized carbons (Fsp3) is 0.611. The fourth-order valence-corrected chi connectivity index (χ4v) is 2.24. The number of benzene rings is 1. The third-order valence-electron chi connectivity index (χ3n) is 3.58. The summed E-state index contributed by atoms with van der Waals surface area (Å²) in [4.78, 5) is 11.4. The van der Waals surface area contributed by atoms with Crippen LogP contribution in [0.2, 0.25) is 0 Å². The van der Waals surface area contributed by atoms with Gasteiger partial charge in [0.25, 0.3) is 0 Å². The highest BCUT2D eigenvalue weighted by Crippen LogP contribution is 2.08. The molecule has 7 nitrogen and oxygen atoms in total. The third kappa shape index (κ3) is 7.94. The van der Waals surface area contributed by atoms with Crippen molar-refractivity contribution in [2.45, 2.75) is 12.7 Å². The summed E-state index contributed by atoms with van der Waals surface area (Å²) < 4.78 is 32.4. The molecule has 2 rings (SSSR count). The highest BCUT2D eigenvalue weighted by Gasteiger charge is 2.11. The van der Waals surface area contributed by atoms with Crippen molar-refractivity contribution in [2.75, 3.05) is 60.0 Å². The van der Waals surface area contributed by atoms with Crippen LogP contribution >= 0.6 is 0 Å². The summed E-state index contributed by atoms with van der Waals surface area (Å²) >= 11 is 0. The minimum absolute atomic E-state index is 0.155. The molecule has 7 heteroatoms. The van der Waals surface area contributed by atoms with Gasteiger partial charge in [0, 0.05) is 0 Å². The van der Waals surface area contributed by atoms with Gasteiger partial charge in [0.1, 0.15) is 6.10 Å². The molecule has 1 heterocycles. The lowest BCUT2D eigenvalue weighted by Gasteiger charge is -2.19. The van der Waals surface area contributed by atoms with E-state index in [1.54, 1.807) is 12.1 Å². The van der Waals surface area contributed by atoms with E-state index < -0.39 is 0 Å². The first-order valence-corrected chi connectivity index (χ1v) is 8.39. The first kappa shape index (κ1) is 19.8. The molecule has 0 saturated carbocycles. The number of esters is 1. The van der Waals surface area contributed by atoms with Gasteiger partial charge in [0.15, 0.2) is 0 Å². The Morgan fingerprint density at radius 2 is 1.64 bits per heavy atom. The molecule has 0 aliphatic carbocycles. The molecule has 0 radical (unpaired) electrons. The third-order valence-corrected chi connectivity index (χ3v) is 3.58. The second-order valence-corrected chi connectivity index (χ2v) is 5.50. The quantitative estimate of drug-likeness (QED) is 0.741. The van der Waals surface area contributed by atoms with E-state index >= 15 is 0 Å². The fourth-order valence-electron chi connectivity index (χ4n) is 2.24. The molecule has 0 bridgehead atoms. The Bertz CT molecular complexity index is 477. The highest BCUT2D eigenvalue weighted by molar-refractivity contribution is 5.89. The molecule has 1 aliphatic heterocycles. The Morgan fingerprint density at radius 3 is 2.32 bits per heavy atom. The molecule has 1 atom stereocenters. The van der Waals surface area contributed by atoms with Crippen LogP contribution in [-0.2, 0) is 35.0 Å². The number of rotatable bonds is 5. The number of ether oxygens (including phenoxy) is 6. The highest BCUT2D eigenvalue weighted by atomic mass is 16.6.